The Morgan fingerprint density at radius 3 is 2.46 bits per heavy atom. The Bertz CT molecular complexity index is 1360. The standard InChI is InChI=1S/C26H30N4O4S/c1-17(7-11-31)35(33,34)20-4-5-21-23(13-20)30(16-26(21)8-9-26)24-28-14-18(15-29-24)22-12-19(6-10-27-22)25(2,3)32/h4-6,10,12-15,17,31-32H,7-9,11,16H2,1-3H3. The molecule has 1 saturated carbocycles. The summed E-state index contributed by atoms with van der Waals surface area (Å²) in [5.41, 5.74) is 3.16. The number of fused-ring (bicyclic) bond motifs is 2. The van der Waals surface area contributed by atoms with E-state index in [2.05, 4.69) is 15.0 Å². The lowest BCUT2D eigenvalue weighted by Gasteiger charge is -2.19. The van der Waals surface area contributed by atoms with E-state index in [4.69, 9.17) is 0 Å². The molecule has 0 bridgehead atoms. The fraction of sp³-hybridized carbons (Fsp3) is 0.423. The summed E-state index contributed by atoms with van der Waals surface area (Å²) in [6.45, 7) is 5.62. The highest BCUT2D eigenvalue weighted by atomic mass is 32.2. The molecule has 1 aliphatic heterocycles. The molecule has 2 N–H and O–H groups in total. The lowest BCUT2D eigenvalue weighted by Crippen LogP contribution is -2.21. The number of aromatic nitrogens is 3. The van der Waals surface area contributed by atoms with Crippen molar-refractivity contribution < 1.29 is 18.6 Å². The number of sulfone groups is 1. The van der Waals surface area contributed by atoms with Crippen LogP contribution in [0, 0.1) is 0 Å². The van der Waals surface area contributed by atoms with Crippen molar-refractivity contribution in [2.45, 2.75) is 61.2 Å². The Morgan fingerprint density at radius 2 is 1.83 bits per heavy atom. The van der Waals surface area contributed by atoms with Crippen LogP contribution in [0.5, 0.6) is 0 Å². The first-order valence-corrected chi connectivity index (χ1v) is 13.4. The van der Waals surface area contributed by atoms with Gasteiger partial charge in [-0.05, 0) is 75.4 Å². The van der Waals surface area contributed by atoms with Gasteiger partial charge in [0.05, 0.1) is 21.4 Å². The van der Waals surface area contributed by atoms with Crippen molar-refractivity contribution >= 4 is 21.5 Å². The third kappa shape index (κ3) is 4.22. The fourth-order valence-electron chi connectivity index (χ4n) is 4.72. The number of aliphatic hydroxyl groups excluding tert-OH is 1. The SMILES string of the molecule is CC(CCO)S(=O)(=O)c1ccc2c(c1)N(c1ncc(-c3cc(C(C)(C)O)ccn3)cn1)CC21CC1. The quantitative estimate of drug-likeness (QED) is 0.513. The van der Waals surface area contributed by atoms with Gasteiger partial charge in [-0.25, -0.2) is 18.4 Å². The van der Waals surface area contributed by atoms with Crippen LogP contribution in [0.25, 0.3) is 11.3 Å². The maximum atomic E-state index is 13.1. The molecule has 1 atom stereocenters. The molecular formula is C26H30N4O4S. The van der Waals surface area contributed by atoms with Crippen LogP contribution in [0.3, 0.4) is 0 Å². The molecule has 8 nitrogen and oxygen atoms in total. The Kier molecular flexibility index (Phi) is 5.69. The van der Waals surface area contributed by atoms with E-state index in [0.717, 1.165) is 35.2 Å². The van der Waals surface area contributed by atoms with Crippen molar-refractivity contribution in [2.75, 3.05) is 18.1 Å². The fourth-order valence-corrected chi connectivity index (χ4v) is 6.14. The molecule has 3 aromatic rings. The van der Waals surface area contributed by atoms with E-state index in [1.165, 1.54) is 0 Å². The van der Waals surface area contributed by atoms with Gasteiger partial charge in [0, 0.05) is 48.4 Å². The molecule has 1 fully saturated rings. The van der Waals surface area contributed by atoms with Gasteiger partial charge in [-0.1, -0.05) is 6.07 Å². The average Bonchev–Trinajstić information content (AvgIpc) is 3.55. The van der Waals surface area contributed by atoms with Crippen molar-refractivity contribution in [2.24, 2.45) is 0 Å². The van der Waals surface area contributed by atoms with Crippen molar-refractivity contribution in [3.63, 3.8) is 0 Å². The Hall–Kier alpha value is -2.88. The van der Waals surface area contributed by atoms with Crippen LogP contribution >= 0.6 is 0 Å². The lowest BCUT2D eigenvalue weighted by molar-refractivity contribution is 0.0785. The zero-order chi connectivity index (χ0) is 25.0. The van der Waals surface area contributed by atoms with Gasteiger partial charge in [0.25, 0.3) is 0 Å². The Morgan fingerprint density at radius 1 is 1.11 bits per heavy atom. The van der Waals surface area contributed by atoms with Crippen LogP contribution in [-0.4, -0.2) is 52.0 Å². The van der Waals surface area contributed by atoms with Crippen LogP contribution in [0.4, 0.5) is 11.6 Å². The smallest absolute Gasteiger partial charge is 0.229 e. The minimum absolute atomic E-state index is 0.0268. The summed E-state index contributed by atoms with van der Waals surface area (Å²) >= 11 is 0. The van der Waals surface area contributed by atoms with Gasteiger partial charge in [-0.3, -0.25) is 4.98 Å². The highest BCUT2D eigenvalue weighted by Crippen LogP contribution is 2.58. The van der Waals surface area contributed by atoms with E-state index in [0.29, 0.717) is 18.2 Å². The average molecular weight is 495 g/mol. The van der Waals surface area contributed by atoms with Gasteiger partial charge in [-0.2, -0.15) is 0 Å². The van der Waals surface area contributed by atoms with Gasteiger partial charge in [0.15, 0.2) is 9.84 Å². The third-order valence-corrected chi connectivity index (χ3v) is 9.39. The number of anilines is 2. The molecule has 35 heavy (non-hydrogen) atoms. The number of pyridine rings is 1. The second-order valence-electron chi connectivity index (χ2n) is 10.2. The molecule has 184 valence electrons. The van der Waals surface area contributed by atoms with Crippen LogP contribution in [0.1, 0.15) is 51.2 Å². The molecule has 0 radical (unpaired) electrons. The van der Waals surface area contributed by atoms with Crippen molar-refractivity contribution in [3.8, 4) is 11.3 Å². The predicted octanol–water partition coefficient (Wildman–Crippen LogP) is 3.49. The molecule has 1 spiro atoms. The first-order valence-electron chi connectivity index (χ1n) is 11.8. The van der Waals surface area contributed by atoms with Gasteiger partial charge < -0.3 is 15.1 Å². The number of aliphatic hydroxyl groups is 2. The number of benzene rings is 1. The second-order valence-corrected chi connectivity index (χ2v) is 12.5. The molecule has 9 heteroatoms. The van der Waals surface area contributed by atoms with Crippen LogP contribution in [0.15, 0.2) is 53.8 Å². The van der Waals surface area contributed by atoms with Gasteiger partial charge >= 0.3 is 0 Å². The van der Waals surface area contributed by atoms with Crippen LogP contribution in [-0.2, 0) is 20.9 Å². The summed E-state index contributed by atoms with van der Waals surface area (Å²) in [7, 11) is -3.56. The Labute approximate surface area is 205 Å². The van der Waals surface area contributed by atoms with E-state index in [-0.39, 0.29) is 23.3 Å². The van der Waals surface area contributed by atoms with E-state index >= 15 is 0 Å². The summed E-state index contributed by atoms with van der Waals surface area (Å²) in [5, 5.41) is 18.9. The molecule has 0 saturated heterocycles. The minimum atomic E-state index is -3.56. The molecule has 1 aliphatic carbocycles. The van der Waals surface area contributed by atoms with Gasteiger partial charge in [-0.15, -0.1) is 0 Å². The first kappa shape index (κ1) is 23.8. The summed E-state index contributed by atoms with van der Waals surface area (Å²) in [5.74, 6) is 0.510. The van der Waals surface area contributed by atoms with Crippen molar-refractivity contribution in [1.29, 1.82) is 0 Å². The molecule has 1 unspecified atom stereocenters. The zero-order valence-corrected chi connectivity index (χ0v) is 21.0. The summed E-state index contributed by atoms with van der Waals surface area (Å²) in [6, 6.07) is 8.96. The van der Waals surface area contributed by atoms with Gasteiger partial charge in [0.1, 0.15) is 0 Å². The highest BCUT2D eigenvalue weighted by Gasteiger charge is 2.52. The molecule has 2 aromatic heterocycles. The molecule has 0 amide bonds. The Balaban J connectivity index is 1.49. The van der Waals surface area contributed by atoms with E-state index in [1.54, 1.807) is 57.6 Å². The maximum Gasteiger partial charge on any atom is 0.229 e. The number of rotatable bonds is 7. The molecular weight excluding hydrogens is 464 g/mol. The highest BCUT2D eigenvalue weighted by molar-refractivity contribution is 7.92. The first-order chi connectivity index (χ1) is 16.5. The van der Waals surface area contributed by atoms with Crippen LogP contribution < -0.4 is 4.90 Å². The summed E-state index contributed by atoms with van der Waals surface area (Å²) in [4.78, 5) is 15.9. The second kappa shape index (κ2) is 8.36. The number of hydrogen-bond acceptors (Lipinski definition) is 8. The largest absolute Gasteiger partial charge is 0.396 e. The lowest BCUT2D eigenvalue weighted by atomic mass is 9.98. The van der Waals surface area contributed by atoms with Gasteiger partial charge in [0.2, 0.25) is 5.95 Å². The molecule has 2 aliphatic rings. The topological polar surface area (TPSA) is 117 Å². The number of nitrogens with zero attached hydrogens (tertiary/aromatic N) is 4. The minimum Gasteiger partial charge on any atom is -0.396 e. The normalized spacial score (nSPS) is 17.5. The third-order valence-electron chi connectivity index (χ3n) is 7.18. The van der Waals surface area contributed by atoms with Crippen molar-refractivity contribution in [3.05, 3.63) is 60.0 Å². The van der Waals surface area contributed by atoms with E-state index < -0.39 is 20.7 Å². The summed E-state index contributed by atoms with van der Waals surface area (Å²) < 4.78 is 26.1. The molecule has 5 rings (SSSR count). The van der Waals surface area contributed by atoms with Crippen LogP contribution in [0.2, 0.25) is 0 Å². The van der Waals surface area contributed by atoms with E-state index in [1.807, 2.05) is 17.0 Å². The molecule has 1 aromatic carbocycles. The molecule has 3 heterocycles. The maximum absolute atomic E-state index is 13.1. The zero-order valence-electron chi connectivity index (χ0n) is 20.1. The summed E-state index contributed by atoms with van der Waals surface area (Å²) in [6.07, 6.45) is 7.37. The van der Waals surface area contributed by atoms with Crippen molar-refractivity contribution in [1.82, 2.24) is 15.0 Å². The van der Waals surface area contributed by atoms with E-state index in [9.17, 15) is 18.6 Å². The number of hydrogen-bond donors (Lipinski definition) is 2. The monoisotopic (exact) mass is 494 g/mol. The predicted molar refractivity (Wildman–Crippen MR) is 133 cm³/mol.